The van der Waals surface area contributed by atoms with Crippen LogP contribution in [0.2, 0.25) is 0 Å². The Labute approximate surface area is 164 Å². The minimum absolute atomic E-state index is 0. The fourth-order valence-corrected chi connectivity index (χ4v) is 3.54. The molecule has 2 unspecified atom stereocenters. The first kappa shape index (κ1) is 21.2. The molecule has 0 saturated heterocycles. The zero-order valence-corrected chi connectivity index (χ0v) is 17.7. The van der Waals surface area contributed by atoms with Gasteiger partial charge < -0.3 is 10.6 Å². The second kappa shape index (κ2) is 11.7. The summed E-state index contributed by atoms with van der Waals surface area (Å²) in [6, 6.07) is 2.09. The van der Waals surface area contributed by atoms with E-state index in [1.807, 2.05) is 19.4 Å². The molecule has 4 nitrogen and oxygen atoms in total. The maximum absolute atomic E-state index is 4.32. The van der Waals surface area contributed by atoms with Crippen molar-refractivity contribution in [3.63, 3.8) is 0 Å². The van der Waals surface area contributed by atoms with Gasteiger partial charge in [0.2, 0.25) is 0 Å². The quantitative estimate of drug-likeness (QED) is 0.397. The molecule has 1 aliphatic carbocycles. The molecule has 0 radical (unpaired) electrons. The zero-order chi connectivity index (χ0) is 16.5. The third-order valence-corrected chi connectivity index (χ3v) is 4.94. The highest BCUT2D eigenvalue weighted by Gasteiger charge is 2.18. The number of pyridine rings is 1. The van der Waals surface area contributed by atoms with Gasteiger partial charge in [0.1, 0.15) is 0 Å². The molecule has 1 heterocycles. The van der Waals surface area contributed by atoms with Crippen LogP contribution >= 0.6 is 24.0 Å². The van der Waals surface area contributed by atoms with Crippen LogP contribution < -0.4 is 10.6 Å². The lowest BCUT2D eigenvalue weighted by Crippen LogP contribution is -2.39. The first-order valence-corrected chi connectivity index (χ1v) is 9.03. The van der Waals surface area contributed by atoms with E-state index in [2.05, 4.69) is 40.5 Å². The summed E-state index contributed by atoms with van der Waals surface area (Å²) in [5.41, 5.74) is 2.60. The Morgan fingerprint density at radius 2 is 2.08 bits per heavy atom. The minimum atomic E-state index is 0. The minimum Gasteiger partial charge on any atom is -0.356 e. The van der Waals surface area contributed by atoms with Gasteiger partial charge in [0.15, 0.2) is 5.96 Å². The van der Waals surface area contributed by atoms with Gasteiger partial charge in [-0.1, -0.05) is 26.2 Å². The second-order valence-electron chi connectivity index (χ2n) is 6.90. The standard InChI is InChI=1S/C19H32N4.HI/c1-15-5-4-6-17(13-15)7-11-22-19(20-3)23-12-9-18-8-10-21-14-16(18)2;/h8,10,14-15,17H,4-7,9,11-13H2,1-3H3,(H2,20,22,23);1H. The smallest absolute Gasteiger partial charge is 0.190 e. The van der Waals surface area contributed by atoms with Crippen molar-refractivity contribution in [2.75, 3.05) is 20.1 Å². The highest BCUT2D eigenvalue weighted by molar-refractivity contribution is 14.0. The summed E-state index contributed by atoms with van der Waals surface area (Å²) in [6.45, 7) is 6.41. The van der Waals surface area contributed by atoms with Gasteiger partial charge in [0.05, 0.1) is 0 Å². The van der Waals surface area contributed by atoms with Crippen molar-refractivity contribution in [3.8, 4) is 0 Å². The predicted molar refractivity (Wildman–Crippen MR) is 113 cm³/mol. The molecule has 0 bridgehead atoms. The molecule has 24 heavy (non-hydrogen) atoms. The van der Waals surface area contributed by atoms with E-state index in [1.54, 1.807) is 0 Å². The Balaban J connectivity index is 0.00000288. The Morgan fingerprint density at radius 3 is 2.79 bits per heavy atom. The van der Waals surface area contributed by atoms with Crippen LogP contribution in [0.5, 0.6) is 0 Å². The Hall–Kier alpha value is -0.850. The lowest BCUT2D eigenvalue weighted by molar-refractivity contribution is 0.270. The van der Waals surface area contributed by atoms with Crippen molar-refractivity contribution in [1.82, 2.24) is 15.6 Å². The van der Waals surface area contributed by atoms with Crippen molar-refractivity contribution in [2.45, 2.75) is 52.4 Å². The summed E-state index contributed by atoms with van der Waals surface area (Å²) < 4.78 is 0. The molecule has 0 spiro atoms. The van der Waals surface area contributed by atoms with Crippen LogP contribution in [0, 0.1) is 18.8 Å². The van der Waals surface area contributed by atoms with E-state index in [9.17, 15) is 0 Å². The number of nitrogens with one attached hydrogen (secondary N) is 2. The average molecular weight is 444 g/mol. The van der Waals surface area contributed by atoms with E-state index >= 15 is 0 Å². The van der Waals surface area contributed by atoms with Crippen molar-refractivity contribution in [2.24, 2.45) is 16.8 Å². The third-order valence-electron chi connectivity index (χ3n) is 4.94. The van der Waals surface area contributed by atoms with Crippen LogP contribution in [0.3, 0.4) is 0 Å². The van der Waals surface area contributed by atoms with E-state index in [1.165, 1.54) is 43.2 Å². The van der Waals surface area contributed by atoms with Gasteiger partial charge in [0.25, 0.3) is 0 Å². The van der Waals surface area contributed by atoms with Crippen molar-refractivity contribution >= 4 is 29.9 Å². The van der Waals surface area contributed by atoms with E-state index in [0.29, 0.717) is 0 Å². The Kier molecular flexibility index (Phi) is 10.3. The lowest BCUT2D eigenvalue weighted by Gasteiger charge is -2.26. The SMILES string of the molecule is CN=C(NCCc1ccncc1C)NCCC1CCCC(C)C1.I. The Bertz CT molecular complexity index is 504. The van der Waals surface area contributed by atoms with Crippen molar-refractivity contribution in [3.05, 3.63) is 29.6 Å². The number of guanidine groups is 1. The number of aliphatic imine (C=N–C) groups is 1. The maximum atomic E-state index is 4.32. The normalized spacial score (nSPS) is 21.0. The highest BCUT2D eigenvalue weighted by atomic mass is 127. The zero-order valence-electron chi connectivity index (χ0n) is 15.3. The van der Waals surface area contributed by atoms with E-state index in [-0.39, 0.29) is 24.0 Å². The molecule has 0 amide bonds. The summed E-state index contributed by atoms with van der Waals surface area (Å²) in [5.74, 6) is 2.72. The maximum Gasteiger partial charge on any atom is 0.190 e. The van der Waals surface area contributed by atoms with Gasteiger partial charge >= 0.3 is 0 Å². The molecule has 2 atom stereocenters. The molecule has 0 aromatic carbocycles. The highest BCUT2D eigenvalue weighted by Crippen LogP contribution is 2.30. The lowest BCUT2D eigenvalue weighted by atomic mass is 9.81. The predicted octanol–water partition coefficient (Wildman–Crippen LogP) is 3.93. The van der Waals surface area contributed by atoms with Crippen LogP contribution in [0.25, 0.3) is 0 Å². The molecule has 2 N–H and O–H groups in total. The van der Waals surface area contributed by atoms with E-state index in [4.69, 9.17) is 0 Å². The fraction of sp³-hybridized carbons (Fsp3) is 0.684. The largest absolute Gasteiger partial charge is 0.356 e. The topological polar surface area (TPSA) is 49.3 Å². The third kappa shape index (κ3) is 7.36. The van der Waals surface area contributed by atoms with Gasteiger partial charge in [-0.2, -0.15) is 0 Å². The second-order valence-corrected chi connectivity index (χ2v) is 6.90. The van der Waals surface area contributed by atoms with Gasteiger partial charge in [-0.05, 0) is 55.2 Å². The molecule has 0 aliphatic heterocycles. The summed E-state index contributed by atoms with van der Waals surface area (Å²) in [5, 5.41) is 6.87. The van der Waals surface area contributed by atoms with Crippen LogP contribution in [0.15, 0.2) is 23.5 Å². The van der Waals surface area contributed by atoms with Gasteiger partial charge in [-0.3, -0.25) is 9.98 Å². The summed E-state index contributed by atoms with van der Waals surface area (Å²) in [6.07, 6.45) is 11.7. The van der Waals surface area contributed by atoms with Crippen LogP contribution in [-0.2, 0) is 6.42 Å². The number of hydrogen-bond acceptors (Lipinski definition) is 2. The molecule has 136 valence electrons. The molecule has 1 fully saturated rings. The first-order valence-electron chi connectivity index (χ1n) is 9.03. The van der Waals surface area contributed by atoms with E-state index < -0.39 is 0 Å². The molecule has 1 aliphatic rings. The number of halogens is 1. The fourth-order valence-electron chi connectivity index (χ4n) is 3.54. The number of aryl methyl sites for hydroxylation is 1. The number of aromatic nitrogens is 1. The van der Waals surface area contributed by atoms with Gasteiger partial charge in [-0.15, -0.1) is 24.0 Å². The summed E-state index contributed by atoms with van der Waals surface area (Å²) in [7, 11) is 1.84. The Morgan fingerprint density at radius 1 is 1.29 bits per heavy atom. The molecule has 2 rings (SSSR count). The number of nitrogens with zero attached hydrogens (tertiary/aromatic N) is 2. The molecular weight excluding hydrogens is 411 g/mol. The van der Waals surface area contributed by atoms with Gasteiger partial charge in [0, 0.05) is 32.5 Å². The monoisotopic (exact) mass is 444 g/mol. The average Bonchev–Trinajstić information content (AvgIpc) is 2.55. The molecule has 1 aromatic rings. The van der Waals surface area contributed by atoms with Crippen LogP contribution in [-0.4, -0.2) is 31.1 Å². The van der Waals surface area contributed by atoms with Crippen molar-refractivity contribution in [1.29, 1.82) is 0 Å². The van der Waals surface area contributed by atoms with Gasteiger partial charge in [-0.25, -0.2) is 0 Å². The first-order chi connectivity index (χ1) is 11.2. The molecular formula is C19H33IN4. The molecule has 1 saturated carbocycles. The van der Waals surface area contributed by atoms with Crippen molar-refractivity contribution < 1.29 is 0 Å². The number of rotatable bonds is 6. The number of hydrogen-bond donors (Lipinski definition) is 2. The summed E-state index contributed by atoms with van der Waals surface area (Å²) in [4.78, 5) is 8.46. The molecule has 1 aromatic heterocycles. The van der Waals surface area contributed by atoms with Crippen LogP contribution in [0.1, 0.15) is 50.2 Å². The summed E-state index contributed by atoms with van der Waals surface area (Å²) >= 11 is 0. The van der Waals surface area contributed by atoms with Crippen LogP contribution in [0.4, 0.5) is 0 Å². The van der Waals surface area contributed by atoms with E-state index in [0.717, 1.165) is 37.3 Å². The molecule has 5 heteroatoms.